The molecule has 2 N–H and O–H groups in total. The molecule has 1 aliphatic rings. The maximum absolute atomic E-state index is 9.03. The van der Waals surface area contributed by atoms with Gasteiger partial charge in [0.15, 0.2) is 0 Å². The number of hydrogen-bond acceptors (Lipinski definition) is 4. The second-order valence-electron chi connectivity index (χ2n) is 5.84. The Labute approximate surface area is 132 Å². The fourth-order valence-corrected chi connectivity index (χ4v) is 3.02. The van der Waals surface area contributed by atoms with Gasteiger partial charge in [-0.05, 0) is 11.6 Å². The number of rotatable bonds is 6. The van der Waals surface area contributed by atoms with Crippen LogP contribution in [0.5, 0.6) is 0 Å². The van der Waals surface area contributed by atoms with Crippen molar-refractivity contribution in [3.63, 3.8) is 0 Å². The van der Waals surface area contributed by atoms with Gasteiger partial charge < -0.3 is 15.3 Å². The predicted octanol–water partition coefficient (Wildman–Crippen LogP) is 1.95. The average Bonchev–Trinajstić information content (AvgIpc) is 2.46. The van der Waals surface area contributed by atoms with Crippen LogP contribution < -0.4 is 10.2 Å². The molecule has 118 valence electrons. The van der Waals surface area contributed by atoms with Crippen molar-refractivity contribution in [2.75, 3.05) is 44.2 Å². The first-order valence-electron chi connectivity index (χ1n) is 7.70. The van der Waals surface area contributed by atoms with Gasteiger partial charge in [0.2, 0.25) is 0 Å². The quantitative estimate of drug-likeness (QED) is 0.842. The van der Waals surface area contributed by atoms with Gasteiger partial charge in [-0.25, -0.2) is 0 Å². The molecule has 1 fully saturated rings. The van der Waals surface area contributed by atoms with Crippen molar-refractivity contribution in [1.82, 2.24) is 10.2 Å². The number of halogens is 1. The van der Waals surface area contributed by atoms with Crippen molar-refractivity contribution in [3.05, 3.63) is 28.8 Å². The van der Waals surface area contributed by atoms with E-state index in [-0.39, 0.29) is 6.61 Å². The lowest BCUT2D eigenvalue weighted by Gasteiger charge is -2.37. The fraction of sp³-hybridized carbons (Fsp3) is 0.625. The Balaban J connectivity index is 2.08. The molecule has 1 aromatic carbocycles. The van der Waals surface area contributed by atoms with E-state index in [9.17, 15) is 0 Å². The SMILES string of the molecule is CC(C)NCc1cccc(Cl)c1N1CCN(CCO)CC1. The molecule has 1 saturated heterocycles. The number of benzene rings is 1. The first-order valence-corrected chi connectivity index (χ1v) is 8.08. The van der Waals surface area contributed by atoms with E-state index in [1.165, 1.54) is 5.56 Å². The summed E-state index contributed by atoms with van der Waals surface area (Å²) in [7, 11) is 0. The summed E-state index contributed by atoms with van der Waals surface area (Å²) in [4.78, 5) is 4.66. The minimum absolute atomic E-state index is 0.232. The Morgan fingerprint density at radius 3 is 2.57 bits per heavy atom. The van der Waals surface area contributed by atoms with Crippen LogP contribution in [-0.2, 0) is 6.54 Å². The molecule has 1 aliphatic heterocycles. The molecule has 1 heterocycles. The van der Waals surface area contributed by atoms with Gasteiger partial charge in [0, 0.05) is 45.3 Å². The van der Waals surface area contributed by atoms with Gasteiger partial charge >= 0.3 is 0 Å². The van der Waals surface area contributed by atoms with E-state index in [1.54, 1.807) is 0 Å². The molecule has 4 nitrogen and oxygen atoms in total. The topological polar surface area (TPSA) is 38.7 Å². The number of hydrogen-bond donors (Lipinski definition) is 2. The van der Waals surface area contributed by atoms with Gasteiger partial charge in [-0.3, -0.25) is 4.90 Å². The van der Waals surface area contributed by atoms with E-state index in [0.717, 1.165) is 50.0 Å². The first-order chi connectivity index (χ1) is 10.1. The molecular formula is C16H26ClN3O. The predicted molar refractivity (Wildman–Crippen MR) is 89.2 cm³/mol. The van der Waals surface area contributed by atoms with Crippen molar-refractivity contribution < 1.29 is 5.11 Å². The molecule has 21 heavy (non-hydrogen) atoms. The zero-order valence-corrected chi connectivity index (χ0v) is 13.7. The van der Waals surface area contributed by atoms with Crippen LogP contribution in [0.1, 0.15) is 19.4 Å². The van der Waals surface area contributed by atoms with Crippen LogP contribution in [-0.4, -0.2) is 55.4 Å². The Hall–Kier alpha value is -0.810. The second-order valence-corrected chi connectivity index (χ2v) is 6.24. The fourth-order valence-electron chi connectivity index (χ4n) is 2.71. The summed E-state index contributed by atoms with van der Waals surface area (Å²) in [5.74, 6) is 0. The lowest BCUT2D eigenvalue weighted by atomic mass is 10.1. The van der Waals surface area contributed by atoms with Crippen LogP contribution in [0.15, 0.2) is 18.2 Å². The monoisotopic (exact) mass is 311 g/mol. The maximum atomic E-state index is 9.03. The molecule has 0 amide bonds. The highest BCUT2D eigenvalue weighted by Gasteiger charge is 2.20. The summed E-state index contributed by atoms with van der Waals surface area (Å²) in [5, 5.41) is 13.3. The molecule has 0 aromatic heterocycles. The minimum atomic E-state index is 0.232. The van der Waals surface area contributed by atoms with Crippen molar-refractivity contribution in [1.29, 1.82) is 0 Å². The lowest BCUT2D eigenvalue weighted by Crippen LogP contribution is -2.47. The van der Waals surface area contributed by atoms with E-state index in [0.29, 0.717) is 6.04 Å². The van der Waals surface area contributed by atoms with Gasteiger partial charge in [-0.2, -0.15) is 0 Å². The molecule has 2 rings (SSSR count). The van der Waals surface area contributed by atoms with E-state index in [2.05, 4.69) is 35.0 Å². The van der Waals surface area contributed by atoms with Crippen molar-refractivity contribution in [2.45, 2.75) is 26.4 Å². The zero-order chi connectivity index (χ0) is 15.2. The molecule has 0 aliphatic carbocycles. The second kappa shape index (κ2) is 7.99. The van der Waals surface area contributed by atoms with E-state index >= 15 is 0 Å². The number of anilines is 1. The summed E-state index contributed by atoms with van der Waals surface area (Å²) in [5.41, 5.74) is 2.42. The van der Waals surface area contributed by atoms with Crippen LogP contribution >= 0.6 is 11.6 Å². The summed E-state index contributed by atoms with van der Waals surface area (Å²) < 4.78 is 0. The number of aliphatic hydroxyl groups excluding tert-OH is 1. The minimum Gasteiger partial charge on any atom is -0.395 e. The van der Waals surface area contributed by atoms with E-state index in [4.69, 9.17) is 16.7 Å². The maximum Gasteiger partial charge on any atom is 0.0642 e. The van der Waals surface area contributed by atoms with Gasteiger partial charge in [-0.15, -0.1) is 0 Å². The number of nitrogens with one attached hydrogen (secondary N) is 1. The molecule has 0 spiro atoms. The summed E-state index contributed by atoms with van der Waals surface area (Å²) in [6.45, 7) is 10.00. The average molecular weight is 312 g/mol. The van der Waals surface area contributed by atoms with Gasteiger partial charge in [-0.1, -0.05) is 37.6 Å². The Morgan fingerprint density at radius 1 is 1.24 bits per heavy atom. The van der Waals surface area contributed by atoms with Crippen molar-refractivity contribution in [2.24, 2.45) is 0 Å². The highest BCUT2D eigenvalue weighted by molar-refractivity contribution is 6.33. The summed E-state index contributed by atoms with van der Waals surface area (Å²) in [6, 6.07) is 6.59. The molecular weight excluding hydrogens is 286 g/mol. The number of piperazine rings is 1. The third-order valence-electron chi connectivity index (χ3n) is 3.88. The molecule has 1 aromatic rings. The van der Waals surface area contributed by atoms with Crippen molar-refractivity contribution >= 4 is 17.3 Å². The van der Waals surface area contributed by atoms with E-state index in [1.807, 2.05) is 12.1 Å². The molecule has 0 bridgehead atoms. The number of para-hydroxylation sites is 1. The summed E-state index contributed by atoms with van der Waals surface area (Å²) in [6.07, 6.45) is 0. The van der Waals surface area contributed by atoms with Crippen LogP contribution in [0, 0.1) is 0 Å². The highest BCUT2D eigenvalue weighted by atomic mass is 35.5. The third-order valence-corrected chi connectivity index (χ3v) is 4.18. The zero-order valence-electron chi connectivity index (χ0n) is 13.0. The molecule has 0 unspecified atom stereocenters. The molecule has 5 heteroatoms. The molecule has 0 atom stereocenters. The van der Waals surface area contributed by atoms with Crippen LogP contribution in [0.3, 0.4) is 0 Å². The standard InChI is InChI=1S/C16H26ClN3O/c1-13(2)18-12-14-4-3-5-15(17)16(14)20-8-6-19(7-9-20)10-11-21/h3-5,13,18,21H,6-12H2,1-2H3. The third kappa shape index (κ3) is 4.58. The first kappa shape index (κ1) is 16.6. The van der Waals surface area contributed by atoms with Crippen LogP contribution in [0.2, 0.25) is 5.02 Å². The highest BCUT2D eigenvalue weighted by Crippen LogP contribution is 2.30. The van der Waals surface area contributed by atoms with Crippen LogP contribution in [0.25, 0.3) is 0 Å². The largest absolute Gasteiger partial charge is 0.395 e. The summed E-state index contributed by atoms with van der Waals surface area (Å²) >= 11 is 6.45. The Bertz CT molecular complexity index is 445. The number of nitrogens with zero attached hydrogens (tertiary/aromatic N) is 2. The van der Waals surface area contributed by atoms with Gasteiger partial charge in [0.25, 0.3) is 0 Å². The molecule has 0 radical (unpaired) electrons. The normalized spacial score (nSPS) is 16.7. The van der Waals surface area contributed by atoms with Crippen LogP contribution in [0.4, 0.5) is 5.69 Å². The lowest BCUT2D eigenvalue weighted by molar-refractivity contribution is 0.188. The Morgan fingerprint density at radius 2 is 1.95 bits per heavy atom. The van der Waals surface area contributed by atoms with Crippen molar-refractivity contribution in [3.8, 4) is 0 Å². The smallest absolute Gasteiger partial charge is 0.0642 e. The van der Waals surface area contributed by atoms with E-state index < -0.39 is 0 Å². The van der Waals surface area contributed by atoms with Gasteiger partial charge in [0.05, 0.1) is 17.3 Å². The molecule has 0 saturated carbocycles. The number of aliphatic hydroxyl groups is 1. The Kier molecular flexibility index (Phi) is 6.30. The number of β-amino-alcohol motifs (C(OH)–C–C–N with tert-alkyl or cyclic N) is 1. The van der Waals surface area contributed by atoms with Gasteiger partial charge in [0.1, 0.15) is 0 Å².